The average molecular weight is 269 g/mol. The van der Waals surface area contributed by atoms with Crippen LogP contribution in [0.25, 0.3) is 0 Å². The van der Waals surface area contributed by atoms with Crippen LogP contribution in [0.4, 0.5) is 0 Å². The van der Waals surface area contributed by atoms with E-state index in [1.807, 2.05) is 0 Å². The van der Waals surface area contributed by atoms with Crippen molar-refractivity contribution in [3.8, 4) is 0 Å². The van der Waals surface area contributed by atoms with Gasteiger partial charge in [-0.1, -0.05) is 6.92 Å². The first-order valence-electron chi connectivity index (χ1n) is 7.50. The zero-order valence-electron chi connectivity index (χ0n) is 12.2. The van der Waals surface area contributed by atoms with Crippen LogP contribution in [0.5, 0.6) is 0 Å². The van der Waals surface area contributed by atoms with Gasteiger partial charge >= 0.3 is 0 Å². The molecule has 0 bridgehead atoms. The fraction of sp³-hybridized carbons (Fsp3) is 0.929. The zero-order chi connectivity index (χ0) is 13.7. The van der Waals surface area contributed by atoms with Crippen LogP contribution in [-0.2, 0) is 9.53 Å². The van der Waals surface area contributed by atoms with E-state index in [-0.39, 0.29) is 17.9 Å². The first-order chi connectivity index (χ1) is 9.20. The molecule has 2 fully saturated rings. The molecular weight excluding hydrogens is 242 g/mol. The highest BCUT2D eigenvalue weighted by atomic mass is 16.5. The van der Waals surface area contributed by atoms with Gasteiger partial charge in [0.2, 0.25) is 5.91 Å². The lowest BCUT2D eigenvalue weighted by atomic mass is 10.0. The lowest BCUT2D eigenvalue weighted by molar-refractivity contribution is -0.126. The lowest BCUT2D eigenvalue weighted by Gasteiger charge is -2.31. The van der Waals surface area contributed by atoms with Crippen molar-refractivity contribution in [1.29, 1.82) is 0 Å². The van der Waals surface area contributed by atoms with E-state index < -0.39 is 0 Å². The van der Waals surface area contributed by atoms with Crippen molar-refractivity contribution in [1.82, 2.24) is 15.5 Å². The minimum absolute atomic E-state index is 0.0289. The summed E-state index contributed by atoms with van der Waals surface area (Å²) in [6, 6.07) is 0.486. The van der Waals surface area contributed by atoms with E-state index in [1.54, 1.807) is 0 Å². The Hall–Kier alpha value is -0.650. The summed E-state index contributed by atoms with van der Waals surface area (Å²) < 4.78 is 5.46. The van der Waals surface area contributed by atoms with Gasteiger partial charge in [0.1, 0.15) is 0 Å². The third kappa shape index (κ3) is 4.16. The highest BCUT2D eigenvalue weighted by Gasteiger charge is 2.34. The van der Waals surface area contributed by atoms with Crippen molar-refractivity contribution >= 4 is 5.91 Å². The van der Waals surface area contributed by atoms with Crippen LogP contribution < -0.4 is 10.6 Å². The molecule has 3 atom stereocenters. The predicted molar refractivity (Wildman–Crippen MR) is 75.1 cm³/mol. The van der Waals surface area contributed by atoms with Crippen LogP contribution in [0.2, 0.25) is 0 Å². The van der Waals surface area contributed by atoms with Crippen LogP contribution >= 0.6 is 0 Å². The van der Waals surface area contributed by atoms with E-state index >= 15 is 0 Å². The van der Waals surface area contributed by atoms with Crippen LogP contribution in [-0.4, -0.2) is 62.8 Å². The molecule has 2 aliphatic heterocycles. The van der Waals surface area contributed by atoms with Gasteiger partial charge < -0.3 is 20.3 Å². The van der Waals surface area contributed by atoms with Crippen molar-refractivity contribution in [2.75, 3.05) is 39.9 Å². The number of nitrogens with zero attached hydrogens (tertiary/aromatic N) is 1. The van der Waals surface area contributed by atoms with Gasteiger partial charge in [-0.2, -0.15) is 0 Å². The Morgan fingerprint density at radius 3 is 3.00 bits per heavy atom. The Bertz CT molecular complexity index is 298. The van der Waals surface area contributed by atoms with E-state index in [0.717, 1.165) is 32.5 Å². The maximum atomic E-state index is 12.3. The van der Waals surface area contributed by atoms with E-state index in [9.17, 15) is 4.79 Å². The van der Waals surface area contributed by atoms with Crippen molar-refractivity contribution in [2.45, 2.75) is 38.3 Å². The molecule has 3 unspecified atom stereocenters. The standard InChI is InChI=1S/C14H27N3O2/c1-3-6-15-13-10-19-9-12(13)14(18)16-11-5-4-7-17(2)8-11/h11-13,15H,3-10H2,1-2H3,(H,16,18). The molecule has 0 aromatic rings. The van der Waals surface area contributed by atoms with Crippen molar-refractivity contribution in [3.63, 3.8) is 0 Å². The summed E-state index contributed by atoms with van der Waals surface area (Å²) in [5.41, 5.74) is 0. The molecule has 19 heavy (non-hydrogen) atoms. The minimum Gasteiger partial charge on any atom is -0.379 e. The van der Waals surface area contributed by atoms with Gasteiger partial charge in [0.15, 0.2) is 0 Å². The smallest absolute Gasteiger partial charge is 0.227 e. The summed E-state index contributed by atoms with van der Waals surface area (Å²) in [5, 5.41) is 6.61. The average Bonchev–Trinajstić information content (AvgIpc) is 2.84. The number of likely N-dealkylation sites (tertiary alicyclic amines) is 1. The SMILES string of the molecule is CCCNC1COCC1C(=O)NC1CCCN(C)C1. The summed E-state index contributed by atoms with van der Waals surface area (Å²) in [6.45, 7) is 6.39. The highest BCUT2D eigenvalue weighted by molar-refractivity contribution is 5.80. The molecular formula is C14H27N3O2. The number of rotatable bonds is 5. The van der Waals surface area contributed by atoms with Gasteiger partial charge in [0.25, 0.3) is 0 Å². The maximum Gasteiger partial charge on any atom is 0.227 e. The van der Waals surface area contributed by atoms with Crippen LogP contribution in [0.3, 0.4) is 0 Å². The second-order valence-electron chi connectivity index (χ2n) is 5.81. The number of hydrogen-bond donors (Lipinski definition) is 2. The summed E-state index contributed by atoms with van der Waals surface area (Å²) in [5.74, 6) is 0.130. The van der Waals surface area contributed by atoms with Crippen LogP contribution in [0, 0.1) is 5.92 Å². The highest BCUT2D eigenvalue weighted by Crippen LogP contribution is 2.16. The van der Waals surface area contributed by atoms with Crippen LogP contribution in [0.15, 0.2) is 0 Å². The molecule has 110 valence electrons. The minimum atomic E-state index is -0.0289. The molecule has 5 nitrogen and oxygen atoms in total. The molecule has 5 heteroatoms. The number of carbonyl (C=O) groups is 1. The molecule has 0 aliphatic carbocycles. The number of nitrogens with one attached hydrogen (secondary N) is 2. The Labute approximate surface area is 116 Å². The largest absolute Gasteiger partial charge is 0.379 e. The number of amides is 1. The molecule has 1 amide bonds. The molecule has 0 aromatic carbocycles. The summed E-state index contributed by atoms with van der Waals surface area (Å²) in [4.78, 5) is 14.6. The van der Waals surface area contributed by atoms with Crippen LogP contribution in [0.1, 0.15) is 26.2 Å². The maximum absolute atomic E-state index is 12.3. The molecule has 2 aliphatic rings. The predicted octanol–water partition coefficient (Wildman–Crippen LogP) is 0.211. The third-order valence-corrected chi connectivity index (χ3v) is 4.04. The van der Waals surface area contributed by atoms with Crippen molar-refractivity contribution in [2.24, 2.45) is 5.92 Å². The fourth-order valence-electron chi connectivity index (χ4n) is 2.94. The molecule has 2 saturated heterocycles. The summed E-state index contributed by atoms with van der Waals surface area (Å²) in [7, 11) is 2.11. The molecule has 0 radical (unpaired) electrons. The molecule has 2 heterocycles. The Morgan fingerprint density at radius 2 is 2.26 bits per heavy atom. The fourth-order valence-corrected chi connectivity index (χ4v) is 2.94. The molecule has 2 rings (SSSR count). The van der Waals surface area contributed by atoms with Gasteiger partial charge in [-0.25, -0.2) is 0 Å². The number of likely N-dealkylation sites (N-methyl/N-ethyl adjacent to an activating group) is 1. The van der Waals surface area contributed by atoms with E-state index in [4.69, 9.17) is 4.74 Å². The number of hydrogen-bond acceptors (Lipinski definition) is 4. The Morgan fingerprint density at radius 1 is 1.42 bits per heavy atom. The quantitative estimate of drug-likeness (QED) is 0.749. The van der Waals surface area contributed by atoms with E-state index in [1.165, 1.54) is 6.42 Å². The van der Waals surface area contributed by atoms with Gasteiger partial charge in [0, 0.05) is 18.6 Å². The zero-order valence-corrected chi connectivity index (χ0v) is 12.2. The van der Waals surface area contributed by atoms with E-state index in [0.29, 0.717) is 19.3 Å². The molecule has 0 aromatic heterocycles. The Balaban J connectivity index is 1.81. The molecule has 2 N–H and O–H groups in total. The van der Waals surface area contributed by atoms with Gasteiger partial charge in [-0.3, -0.25) is 4.79 Å². The summed E-state index contributed by atoms with van der Waals surface area (Å²) >= 11 is 0. The van der Waals surface area contributed by atoms with Crippen molar-refractivity contribution in [3.05, 3.63) is 0 Å². The van der Waals surface area contributed by atoms with Crippen molar-refractivity contribution < 1.29 is 9.53 Å². The first-order valence-corrected chi connectivity index (χ1v) is 7.50. The second-order valence-corrected chi connectivity index (χ2v) is 5.81. The molecule has 0 saturated carbocycles. The van der Waals surface area contributed by atoms with Gasteiger partial charge in [0.05, 0.1) is 19.1 Å². The Kier molecular flexibility index (Phi) is 5.60. The third-order valence-electron chi connectivity index (χ3n) is 4.04. The monoisotopic (exact) mass is 269 g/mol. The second kappa shape index (κ2) is 7.22. The number of carbonyl (C=O) groups excluding carboxylic acids is 1. The lowest BCUT2D eigenvalue weighted by Crippen LogP contribution is -2.51. The number of ether oxygens (including phenoxy) is 1. The van der Waals surface area contributed by atoms with Gasteiger partial charge in [-0.15, -0.1) is 0 Å². The first kappa shape index (κ1) is 14.8. The van der Waals surface area contributed by atoms with E-state index in [2.05, 4.69) is 29.5 Å². The topological polar surface area (TPSA) is 53.6 Å². The van der Waals surface area contributed by atoms with Gasteiger partial charge in [-0.05, 0) is 39.4 Å². The number of piperidine rings is 1. The molecule has 0 spiro atoms. The normalized spacial score (nSPS) is 32.4. The summed E-state index contributed by atoms with van der Waals surface area (Å²) in [6.07, 6.45) is 3.34.